The monoisotopic (exact) mass is 597 g/mol. The van der Waals surface area contributed by atoms with Gasteiger partial charge in [0.1, 0.15) is 25.8 Å². The van der Waals surface area contributed by atoms with E-state index in [2.05, 4.69) is 5.32 Å². The minimum absolute atomic E-state index is 0.0514. The lowest BCUT2D eigenvalue weighted by molar-refractivity contribution is -0.139. The van der Waals surface area contributed by atoms with E-state index in [1.165, 1.54) is 11.8 Å². The van der Waals surface area contributed by atoms with Gasteiger partial charge in [-0.05, 0) is 51.0 Å². The first-order valence-corrected chi connectivity index (χ1v) is 15.4. The number of fused-ring (bicyclic) bond motifs is 1. The zero-order chi connectivity index (χ0) is 28.2. The van der Waals surface area contributed by atoms with Crippen molar-refractivity contribution in [1.29, 1.82) is 0 Å². The molecule has 1 aliphatic heterocycles. The van der Waals surface area contributed by atoms with Crippen LogP contribution in [0.2, 0.25) is 10.0 Å². The molecular formula is C27H33Cl2N3O6S. The van der Waals surface area contributed by atoms with Crippen molar-refractivity contribution in [3.05, 3.63) is 52.0 Å². The van der Waals surface area contributed by atoms with Gasteiger partial charge in [0.2, 0.25) is 21.8 Å². The normalized spacial score (nSPS) is 16.0. The van der Waals surface area contributed by atoms with E-state index < -0.39 is 28.5 Å². The SMILES string of the molecule is CCS(=O)(=O)N(CC(=O)N(Cc1c(Cl)cccc1Cl)C(C)C(=O)NC1CCCC1)c1ccc2c(c1)OCCO2. The fourth-order valence-corrected chi connectivity index (χ4v) is 6.31. The summed E-state index contributed by atoms with van der Waals surface area (Å²) in [4.78, 5) is 28.5. The molecule has 4 rings (SSSR count). The molecule has 39 heavy (non-hydrogen) atoms. The zero-order valence-electron chi connectivity index (χ0n) is 22.0. The summed E-state index contributed by atoms with van der Waals surface area (Å²) in [6, 6.07) is 8.86. The number of nitrogens with one attached hydrogen (secondary N) is 1. The van der Waals surface area contributed by atoms with Crippen molar-refractivity contribution in [2.24, 2.45) is 0 Å². The van der Waals surface area contributed by atoms with Crippen LogP contribution in [-0.4, -0.2) is 62.7 Å². The number of nitrogens with zero attached hydrogens (tertiary/aromatic N) is 2. The summed E-state index contributed by atoms with van der Waals surface area (Å²) < 4.78 is 38.6. The van der Waals surface area contributed by atoms with Gasteiger partial charge < -0.3 is 19.7 Å². The van der Waals surface area contributed by atoms with Crippen molar-refractivity contribution in [2.45, 2.75) is 58.2 Å². The molecule has 1 saturated carbocycles. The summed E-state index contributed by atoms with van der Waals surface area (Å²) >= 11 is 12.8. The molecule has 0 bridgehead atoms. The molecule has 1 aliphatic carbocycles. The second-order valence-corrected chi connectivity index (χ2v) is 12.6. The Hall–Kier alpha value is -2.69. The van der Waals surface area contributed by atoms with Crippen molar-refractivity contribution in [3.8, 4) is 11.5 Å². The van der Waals surface area contributed by atoms with Crippen LogP contribution >= 0.6 is 23.2 Å². The summed E-state index contributed by atoms with van der Waals surface area (Å²) in [5.74, 6) is -0.235. The number of sulfonamides is 1. The smallest absolute Gasteiger partial charge is 0.244 e. The second kappa shape index (κ2) is 12.7. The molecule has 1 fully saturated rings. The summed E-state index contributed by atoms with van der Waals surface area (Å²) in [5.41, 5.74) is 0.729. The van der Waals surface area contributed by atoms with E-state index in [0.717, 1.165) is 30.0 Å². The van der Waals surface area contributed by atoms with Gasteiger partial charge in [-0.1, -0.05) is 42.1 Å². The molecule has 0 aromatic heterocycles. The molecule has 2 aromatic rings. The Morgan fingerprint density at radius 2 is 1.69 bits per heavy atom. The highest BCUT2D eigenvalue weighted by molar-refractivity contribution is 7.92. The number of rotatable bonds is 10. The van der Waals surface area contributed by atoms with Crippen LogP contribution in [0.1, 0.15) is 45.1 Å². The number of carbonyl (C=O) groups is 2. The maximum atomic E-state index is 13.9. The Balaban J connectivity index is 1.65. The third-order valence-electron chi connectivity index (χ3n) is 7.05. The van der Waals surface area contributed by atoms with Crippen LogP contribution in [0.3, 0.4) is 0 Å². The number of benzene rings is 2. The Labute approximate surface area is 239 Å². The number of carbonyl (C=O) groups excluding carboxylic acids is 2. The van der Waals surface area contributed by atoms with E-state index in [1.54, 1.807) is 43.3 Å². The molecule has 9 nitrogen and oxygen atoms in total. The Bertz CT molecular complexity index is 1300. The van der Waals surface area contributed by atoms with Gasteiger partial charge in [-0.2, -0.15) is 0 Å². The number of hydrogen-bond donors (Lipinski definition) is 1. The molecule has 0 saturated heterocycles. The van der Waals surface area contributed by atoms with Gasteiger partial charge in [-0.25, -0.2) is 8.42 Å². The summed E-state index contributed by atoms with van der Waals surface area (Å²) in [5, 5.41) is 3.71. The highest BCUT2D eigenvalue weighted by atomic mass is 35.5. The molecule has 2 amide bonds. The van der Waals surface area contributed by atoms with Crippen LogP contribution in [0.5, 0.6) is 11.5 Å². The highest BCUT2D eigenvalue weighted by Crippen LogP contribution is 2.35. The minimum atomic E-state index is -3.89. The Morgan fingerprint density at radius 3 is 2.33 bits per heavy atom. The molecule has 1 heterocycles. The first-order chi connectivity index (χ1) is 18.6. The summed E-state index contributed by atoms with van der Waals surface area (Å²) in [6.45, 7) is 3.24. The maximum Gasteiger partial charge on any atom is 0.244 e. The molecule has 1 atom stereocenters. The van der Waals surface area contributed by atoms with Gasteiger partial charge in [-0.15, -0.1) is 0 Å². The van der Waals surface area contributed by atoms with Crippen LogP contribution in [0, 0.1) is 0 Å². The van der Waals surface area contributed by atoms with Crippen molar-refractivity contribution < 1.29 is 27.5 Å². The fourth-order valence-electron chi connectivity index (χ4n) is 4.74. The quantitative estimate of drug-likeness (QED) is 0.435. The van der Waals surface area contributed by atoms with E-state index >= 15 is 0 Å². The largest absolute Gasteiger partial charge is 0.486 e. The van der Waals surface area contributed by atoms with Crippen molar-refractivity contribution >= 4 is 50.7 Å². The van der Waals surface area contributed by atoms with Gasteiger partial charge in [0.15, 0.2) is 11.5 Å². The van der Waals surface area contributed by atoms with Gasteiger partial charge in [0, 0.05) is 34.3 Å². The van der Waals surface area contributed by atoms with Crippen molar-refractivity contribution in [3.63, 3.8) is 0 Å². The van der Waals surface area contributed by atoms with Crippen LogP contribution in [0.15, 0.2) is 36.4 Å². The second-order valence-electron chi connectivity index (χ2n) is 9.62. The Morgan fingerprint density at radius 1 is 1.05 bits per heavy atom. The standard InChI is InChI=1S/C27H33Cl2N3O6S/c1-3-39(35,36)32(20-11-12-24-25(15-20)38-14-13-37-24)17-26(33)31(16-21-22(28)9-6-10-23(21)29)18(2)27(34)30-19-7-4-5-8-19/h6,9-12,15,18-19H,3-5,7-8,13-14,16-17H2,1-2H3,(H,30,34). The molecule has 2 aliphatic rings. The topological polar surface area (TPSA) is 105 Å². The molecule has 12 heteroatoms. The zero-order valence-corrected chi connectivity index (χ0v) is 24.3. The van der Waals surface area contributed by atoms with E-state index in [-0.39, 0.29) is 29.9 Å². The first kappa shape index (κ1) is 29.3. The van der Waals surface area contributed by atoms with Crippen LogP contribution in [-0.2, 0) is 26.2 Å². The van der Waals surface area contributed by atoms with Crippen LogP contribution in [0.4, 0.5) is 5.69 Å². The van der Waals surface area contributed by atoms with Crippen molar-refractivity contribution in [1.82, 2.24) is 10.2 Å². The molecule has 1 N–H and O–H groups in total. The van der Waals surface area contributed by atoms with Gasteiger partial charge in [-0.3, -0.25) is 13.9 Å². The molecule has 1 unspecified atom stereocenters. The maximum absolute atomic E-state index is 13.9. The van der Waals surface area contributed by atoms with Gasteiger partial charge >= 0.3 is 0 Å². The third-order valence-corrected chi connectivity index (χ3v) is 9.50. The number of ether oxygens (including phenoxy) is 2. The molecule has 2 aromatic carbocycles. The summed E-state index contributed by atoms with van der Waals surface area (Å²) in [6.07, 6.45) is 3.85. The minimum Gasteiger partial charge on any atom is -0.486 e. The van der Waals surface area contributed by atoms with Gasteiger partial charge in [0.25, 0.3) is 0 Å². The molecule has 212 valence electrons. The predicted octanol–water partition coefficient (Wildman–Crippen LogP) is 4.40. The average Bonchev–Trinajstić information content (AvgIpc) is 3.43. The number of hydrogen-bond acceptors (Lipinski definition) is 6. The third kappa shape index (κ3) is 6.91. The lowest BCUT2D eigenvalue weighted by atomic mass is 10.1. The summed E-state index contributed by atoms with van der Waals surface area (Å²) in [7, 11) is -3.89. The number of anilines is 1. The molecule has 0 radical (unpaired) electrons. The lowest BCUT2D eigenvalue weighted by Gasteiger charge is -2.33. The number of halogens is 2. The average molecular weight is 599 g/mol. The predicted molar refractivity (Wildman–Crippen MR) is 151 cm³/mol. The first-order valence-electron chi connectivity index (χ1n) is 13.0. The fraction of sp³-hybridized carbons (Fsp3) is 0.481. The molecular weight excluding hydrogens is 565 g/mol. The number of amides is 2. The van der Waals surface area contributed by atoms with E-state index in [4.69, 9.17) is 32.7 Å². The van der Waals surface area contributed by atoms with E-state index in [9.17, 15) is 18.0 Å². The van der Waals surface area contributed by atoms with Crippen LogP contribution < -0.4 is 19.1 Å². The molecule has 0 spiro atoms. The van der Waals surface area contributed by atoms with Crippen molar-refractivity contribution in [2.75, 3.05) is 29.8 Å². The lowest BCUT2D eigenvalue weighted by Crippen LogP contribution is -2.52. The Kier molecular flexibility index (Phi) is 9.51. The van der Waals surface area contributed by atoms with E-state index in [1.807, 2.05) is 0 Å². The van der Waals surface area contributed by atoms with Crippen LogP contribution in [0.25, 0.3) is 0 Å². The van der Waals surface area contributed by atoms with Gasteiger partial charge in [0.05, 0.1) is 11.4 Å². The van der Waals surface area contributed by atoms with E-state index in [0.29, 0.717) is 40.3 Å². The highest BCUT2D eigenvalue weighted by Gasteiger charge is 2.33.